The molecular weight excluding hydrogens is 678 g/mol. The van der Waals surface area contributed by atoms with Crippen molar-refractivity contribution in [2.24, 2.45) is 11.8 Å². The molecule has 0 saturated heterocycles. The Morgan fingerprint density at radius 1 is 0.827 bits per heavy atom. The molecule has 0 spiro atoms. The lowest BCUT2D eigenvalue weighted by atomic mass is 9.96. The molecule has 0 aliphatic carbocycles. The number of benzene rings is 3. The molecule has 276 valence electrons. The van der Waals surface area contributed by atoms with E-state index in [1.165, 1.54) is 0 Å². The third kappa shape index (κ3) is 11.4. The van der Waals surface area contributed by atoms with E-state index in [0.29, 0.717) is 30.1 Å². The molecule has 4 rings (SSSR count). The molecule has 0 radical (unpaired) electrons. The summed E-state index contributed by atoms with van der Waals surface area (Å²) in [5.41, 5.74) is 2.48. The maximum atomic E-state index is 14.6. The number of fused-ring (bicyclic) bond motifs is 1. The monoisotopic (exact) mass is 727 g/mol. The van der Waals surface area contributed by atoms with Gasteiger partial charge in [0.2, 0.25) is 17.7 Å². The number of carbonyl (C=O) groups is 4. The summed E-state index contributed by atoms with van der Waals surface area (Å²) in [6, 6.07) is 21.3. The van der Waals surface area contributed by atoms with Gasteiger partial charge >= 0.3 is 5.97 Å². The predicted molar refractivity (Wildman–Crippen MR) is 205 cm³/mol. The normalized spacial score (nSPS) is 13.2. The van der Waals surface area contributed by atoms with Crippen LogP contribution in [-0.4, -0.2) is 81.8 Å². The Kier molecular flexibility index (Phi) is 14.7. The number of hydrogen-bond acceptors (Lipinski definition) is 6. The lowest BCUT2D eigenvalue weighted by Crippen LogP contribution is -2.58. The summed E-state index contributed by atoms with van der Waals surface area (Å²) in [4.78, 5) is 62.7. The Bertz CT molecular complexity index is 1810. The van der Waals surface area contributed by atoms with E-state index in [0.717, 1.165) is 21.9 Å². The summed E-state index contributed by atoms with van der Waals surface area (Å²) < 4.78 is 0. The van der Waals surface area contributed by atoms with Crippen LogP contribution >= 0.6 is 11.6 Å². The number of carbonyl (C=O) groups excluding carboxylic acids is 3. The van der Waals surface area contributed by atoms with Crippen LogP contribution in [0, 0.1) is 11.8 Å². The van der Waals surface area contributed by atoms with Crippen molar-refractivity contribution < 1.29 is 24.3 Å². The molecule has 0 aliphatic heterocycles. The van der Waals surface area contributed by atoms with Gasteiger partial charge in [0, 0.05) is 43.5 Å². The number of carboxylic acid groups (broad SMARTS) is 1. The van der Waals surface area contributed by atoms with E-state index in [1.807, 2.05) is 81.6 Å². The molecule has 0 saturated carbocycles. The van der Waals surface area contributed by atoms with E-state index in [1.54, 1.807) is 49.3 Å². The van der Waals surface area contributed by atoms with Crippen molar-refractivity contribution in [3.05, 3.63) is 113 Å². The first-order valence-corrected chi connectivity index (χ1v) is 18.1. The van der Waals surface area contributed by atoms with Gasteiger partial charge in [-0.3, -0.25) is 19.4 Å². The number of likely N-dealkylation sites (N-methyl/N-ethyl adjacent to an activating group) is 1. The second-order valence-corrected chi connectivity index (χ2v) is 14.5. The molecule has 4 aromatic rings. The molecule has 3 N–H and O–H groups in total. The fraction of sp³-hybridized carbons (Fsp3) is 0.390. The van der Waals surface area contributed by atoms with Crippen LogP contribution < -0.4 is 10.6 Å². The minimum atomic E-state index is -1.16. The molecule has 10 nitrogen and oxygen atoms in total. The van der Waals surface area contributed by atoms with Gasteiger partial charge < -0.3 is 25.5 Å². The molecule has 3 amide bonds. The largest absolute Gasteiger partial charge is 0.480 e. The number of nitrogens with zero attached hydrogens (tertiary/aromatic N) is 3. The van der Waals surface area contributed by atoms with Gasteiger partial charge in [-0.25, -0.2) is 4.79 Å². The average Bonchev–Trinajstić information content (AvgIpc) is 3.10. The van der Waals surface area contributed by atoms with Crippen LogP contribution in [0.4, 0.5) is 0 Å². The molecule has 3 unspecified atom stereocenters. The lowest BCUT2D eigenvalue weighted by molar-refractivity contribution is -0.144. The Hall–Kier alpha value is -4.80. The zero-order valence-corrected chi connectivity index (χ0v) is 31.3. The van der Waals surface area contributed by atoms with Crippen LogP contribution in [0.15, 0.2) is 91.3 Å². The van der Waals surface area contributed by atoms with Crippen LogP contribution in [0.1, 0.15) is 50.8 Å². The van der Waals surface area contributed by atoms with Crippen LogP contribution in [0.5, 0.6) is 0 Å². The molecular formula is C41H50ClN5O5. The van der Waals surface area contributed by atoms with E-state index in [-0.39, 0.29) is 31.2 Å². The average molecular weight is 728 g/mol. The number of hydrogen-bond donors (Lipinski definition) is 3. The van der Waals surface area contributed by atoms with Gasteiger partial charge in [-0.2, -0.15) is 0 Å². The Balaban J connectivity index is 1.68. The molecule has 0 fully saturated rings. The number of amides is 3. The van der Waals surface area contributed by atoms with Crippen LogP contribution in [0.25, 0.3) is 10.8 Å². The summed E-state index contributed by atoms with van der Waals surface area (Å²) >= 11 is 6.47. The predicted octanol–water partition coefficient (Wildman–Crippen LogP) is 5.76. The van der Waals surface area contributed by atoms with Crippen LogP contribution in [-0.2, 0) is 38.6 Å². The van der Waals surface area contributed by atoms with Crippen molar-refractivity contribution >= 4 is 46.1 Å². The van der Waals surface area contributed by atoms with Gasteiger partial charge in [-0.1, -0.05) is 106 Å². The molecule has 1 aromatic heterocycles. The Morgan fingerprint density at radius 3 is 2.19 bits per heavy atom. The highest BCUT2D eigenvalue weighted by Gasteiger charge is 2.35. The van der Waals surface area contributed by atoms with E-state index in [2.05, 4.69) is 20.5 Å². The highest BCUT2D eigenvalue weighted by molar-refractivity contribution is 6.31. The third-order valence-corrected chi connectivity index (χ3v) is 9.43. The molecule has 1 heterocycles. The molecule has 0 bridgehead atoms. The first kappa shape index (κ1) is 40.0. The first-order chi connectivity index (χ1) is 24.8. The standard InChI is InChI=1S/C41H50ClN5O5/c1-27(2)22-36(47(37(48)24-32-14-7-9-18-34(32)42)21-20-46(5)26-29-12-11-19-43-25-29)40(50)44-35(39(49)45-38(28(3)4)41(51)52)23-31-16-10-15-30-13-6-8-17-33(30)31/h6-19,25,27-28,35-36,38H,20-24,26H2,1-5H3,(H,44,50)(H,45,49)(H,51,52). The van der Waals surface area contributed by atoms with Crippen LogP contribution in [0.2, 0.25) is 5.02 Å². The fourth-order valence-electron chi connectivity index (χ4n) is 6.28. The minimum absolute atomic E-state index is 0.0114. The Morgan fingerprint density at radius 2 is 1.52 bits per heavy atom. The van der Waals surface area contributed by atoms with Crippen molar-refractivity contribution in [2.75, 3.05) is 20.1 Å². The number of pyridine rings is 1. The lowest BCUT2D eigenvalue weighted by Gasteiger charge is -2.35. The molecule has 3 aromatic carbocycles. The number of nitrogens with one attached hydrogen (secondary N) is 2. The molecule has 11 heteroatoms. The van der Waals surface area contributed by atoms with E-state index >= 15 is 0 Å². The fourth-order valence-corrected chi connectivity index (χ4v) is 6.48. The van der Waals surface area contributed by atoms with Gasteiger partial charge in [0.1, 0.15) is 18.1 Å². The highest BCUT2D eigenvalue weighted by Crippen LogP contribution is 2.22. The first-order valence-electron chi connectivity index (χ1n) is 17.7. The molecule has 0 aliphatic rings. The van der Waals surface area contributed by atoms with E-state index in [4.69, 9.17) is 11.6 Å². The van der Waals surface area contributed by atoms with E-state index in [9.17, 15) is 24.3 Å². The topological polar surface area (TPSA) is 132 Å². The van der Waals surface area contributed by atoms with Gasteiger partial charge in [0.25, 0.3) is 0 Å². The Labute approximate surface area is 311 Å². The SMILES string of the molecule is CC(C)CC(C(=O)NC(Cc1cccc2ccccc12)C(=O)NC(C(=O)O)C(C)C)N(CCN(C)Cc1cccnc1)C(=O)Cc1ccccc1Cl. The van der Waals surface area contributed by atoms with Gasteiger partial charge in [-0.15, -0.1) is 0 Å². The summed E-state index contributed by atoms with van der Waals surface area (Å²) in [6.07, 6.45) is 3.94. The quantitative estimate of drug-likeness (QED) is 0.119. The zero-order valence-electron chi connectivity index (χ0n) is 30.6. The summed E-state index contributed by atoms with van der Waals surface area (Å²) in [5, 5.41) is 17.9. The van der Waals surface area contributed by atoms with Gasteiger partial charge in [-0.05, 0) is 64.9 Å². The minimum Gasteiger partial charge on any atom is -0.480 e. The van der Waals surface area contributed by atoms with Gasteiger partial charge in [0.05, 0.1) is 6.42 Å². The number of halogens is 1. The summed E-state index contributed by atoms with van der Waals surface area (Å²) in [7, 11) is 1.94. The second-order valence-electron chi connectivity index (χ2n) is 14.1. The smallest absolute Gasteiger partial charge is 0.326 e. The molecule has 3 atom stereocenters. The summed E-state index contributed by atoms with van der Waals surface area (Å²) in [6.45, 7) is 8.67. The number of aliphatic carboxylic acids is 1. The number of carboxylic acids is 1. The van der Waals surface area contributed by atoms with E-state index < -0.39 is 41.8 Å². The van der Waals surface area contributed by atoms with Crippen molar-refractivity contribution in [3.63, 3.8) is 0 Å². The summed E-state index contributed by atoms with van der Waals surface area (Å²) in [5.74, 6) is -2.93. The van der Waals surface area contributed by atoms with Crippen LogP contribution in [0.3, 0.4) is 0 Å². The third-order valence-electron chi connectivity index (χ3n) is 9.06. The zero-order chi connectivity index (χ0) is 37.8. The van der Waals surface area contributed by atoms with Crippen molar-refractivity contribution in [1.82, 2.24) is 25.4 Å². The number of rotatable bonds is 18. The van der Waals surface area contributed by atoms with Crippen molar-refractivity contribution in [2.45, 2.75) is 71.6 Å². The number of aromatic nitrogens is 1. The van der Waals surface area contributed by atoms with Crippen molar-refractivity contribution in [3.8, 4) is 0 Å². The van der Waals surface area contributed by atoms with Gasteiger partial charge in [0.15, 0.2) is 0 Å². The maximum absolute atomic E-state index is 14.6. The second kappa shape index (κ2) is 19.2. The highest BCUT2D eigenvalue weighted by atomic mass is 35.5. The molecule has 52 heavy (non-hydrogen) atoms. The van der Waals surface area contributed by atoms with Crippen molar-refractivity contribution in [1.29, 1.82) is 0 Å². The maximum Gasteiger partial charge on any atom is 0.326 e.